The minimum atomic E-state index is 0.621. The zero-order valence-corrected chi connectivity index (χ0v) is 8.82. The SMILES string of the molecule is CC[N+](=S)CCN(C)C(C)C. The molecule has 2 nitrogen and oxygen atoms in total. The van der Waals surface area contributed by atoms with Crippen LogP contribution in [0.4, 0.5) is 0 Å². The van der Waals surface area contributed by atoms with Gasteiger partial charge in [0.15, 0.2) is 13.1 Å². The zero-order chi connectivity index (χ0) is 8.85. The standard InChI is InChI=1S/C8H19N2S/c1-5-10(11)7-6-9(4)8(2)3/h8H,5-7H2,1-4H3/q+1. The lowest BCUT2D eigenvalue weighted by Gasteiger charge is -2.18. The number of hydrogen-bond donors (Lipinski definition) is 0. The summed E-state index contributed by atoms with van der Waals surface area (Å²) in [6.07, 6.45) is 0. The Labute approximate surface area is 75.4 Å². The Morgan fingerprint density at radius 3 is 2.36 bits per heavy atom. The van der Waals surface area contributed by atoms with Crippen molar-refractivity contribution >= 4 is 12.4 Å². The van der Waals surface area contributed by atoms with Gasteiger partial charge < -0.3 is 0 Å². The number of hydrogen-bond acceptors (Lipinski definition) is 2. The predicted molar refractivity (Wildman–Crippen MR) is 50.8 cm³/mol. The second kappa shape index (κ2) is 5.61. The molecule has 0 atom stereocenters. The van der Waals surface area contributed by atoms with Crippen molar-refractivity contribution in [2.24, 2.45) is 0 Å². The molecule has 0 spiro atoms. The summed E-state index contributed by atoms with van der Waals surface area (Å²) < 4.78 is 1.92. The van der Waals surface area contributed by atoms with Crippen molar-refractivity contribution in [2.75, 3.05) is 26.7 Å². The van der Waals surface area contributed by atoms with E-state index in [4.69, 9.17) is 12.4 Å². The number of nitrogens with zero attached hydrogens (tertiary/aromatic N) is 2. The van der Waals surface area contributed by atoms with Crippen LogP contribution in [0.2, 0.25) is 0 Å². The van der Waals surface area contributed by atoms with Gasteiger partial charge in [-0.1, -0.05) is 0 Å². The summed E-state index contributed by atoms with van der Waals surface area (Å²) in [5.41, 5.74) is 0. The highest BCUT2D eigenvalue weighted by molar-refractivity contribution is 7.44. The molecule has 0 heterocycles. The van der Waals surface area contributed by atoms with Crippen LogP contribution in [-0.4, -0.2) is 41.6 Å². The van der Waals surface area contributed by atoms with E-state index in [0.29, 0.717) is 6.04 Å². The molecule has 0 saturated heterocycles. The van der Waals surface area contributed by atoms with Gasteiger partial charge in [-0.25, -0.2) is 0 Å². The Kier molecular flexibility index (Phi) is 5.60. The Bertz CT molecular complexity index is 123. The fourth-order valence-electron chi connectivity index (χ4n) is 0.686. The third-order valence-electron chi connectivity index (χ3n) is 1.94. The van der Waals surface area contributed by atoms with E-state index in [9.17, 15) is 0 Å². The van der Waals surface area contributed by atoms with Crippen LogP contribution in [0.15, 0.2) is 0 Å². The smallest absolute Gasteiger partial charge is 0.263 e. The van der Waals surface area contributed by atoms with Crippen LogP contribution in [0.25, 0.3) is 0 Å². The monoisotopic (exact) mass is 175 g/mol. The highest BCUT2D eigenvalue weighted by Crippen LogP contribution is 1.91. The molecule has 66 valence electrons. The van der Waals surface area contributed by atoms with Crippen molar-refractivity contribution in [1.29, 1.82) is 0 Å². The van der Waals surface area contributed by atoms with E-state index in [2.05, 4.69) is 32.7 Å². The highest BCUT2D eigenvalue weighted by atomic mass is 32.1. The van der Waals surface area contributed by atoms with E-state index < -0.39 is 0 Å². The lowest BCUT2D eigenvalue weighted by molar-refractivity contribution is -0.494. The van der Waals surface area contributed by atoms with Gasteiger partial charge in [-0.3, -0.25) is 4.90 Å². The summed E-state index contributed by atoms with van der Waals surface area (Å²) in [6.45, 7) is 9.48. The van der Waals surface area contributed by atoms with Crippen LogP contribution in [0.1, 0.15) is 20.8 Å². The Balaban J connectivity index is 3.45. The van der Waals surface area contributed by atoms with E-state index in [1.807, 2.05) is 3.95 Å². The lowest BCUT2D eigenvalue weighted by Crippen LogP contribution is -2.32. The fourth-order valence-corrected chi connectivity index (χ4v) is 0.767. The second-order valence-corrected chi connectivity index (χ2v) is 3.61. The van der Waals surface area contributed by atoms with Crippen molar-refractivity contribution < 1.29 is 3.95 Å². The van der Waals surface area contributed by atoms with Gasteiger partial charge in [-0.05, 0) is 27.8 Å². The first-order valence-electron chi connectivity index (χ1n) is 4.20. The van der Waals surface area contributed by atoms with Crippen LogP contribution < -0.4 is 0 Å². The first-order chi connectivity index (χ1) is 5.07. The Morgan fingerprint density at radius 2 is 2.00 bits per heavy atom. The average molecular weight is 175 g/mol. The van der Waals surface area contributed by atoms with Crippen LogP contribution in [0.3, 0.4) is 0 Å². The second-order valence-electron chi connectivity index (χ2n) is 3.10. The largest absolute Gasteiger partial charge is 0.298 e. The molecule has 0 saturated carbocycles. The van der Waals surface area contributed by atoms with Gasteiger partial charge in [0.2, 0.25) is 0 Å². The summed E-state index contributed by atoms with van der Waals surface area (Å²) in [6, 6.07) is 0.621. The molecule has 0 aliphatic heterocycles. The van der Waals surface area contributed by atoms with E-state index in [1.54, 1.807) is 0 Å². The van der Waals surface area contributed by atoms with E-state index in [1.165, 1.54) is 0 Å². The molecule has 0 aliphatic rings. The van der Waals surface area contributed by atoms with Gasteiger partial charge in [-0.2, -0.15) is 3.95 Å². The lowest BCUT2D eigenvalue weighted by atomic mass is 10.3. The molecule has 11 heavy (non-hydrogen) atoms. The van der Waals surface area contributed by atoms with Crippen molar-refractivity contribution in [3.63, 3.8) is 0 Å². The molecule has 0 fully saturated rings. The third kappa shape index (κ3) is 5.27. The molecule has 0 aliphatic carbocycles. The summed E-state index contributed by atoms with van der Waals surface area (Å²) in [4.78, 5) is 2.30. The molecule has 0 amide bonds. The summed E-state index contributed by atoms with van der Waals surface area (Å²) in [7, 11) is 2.13. The van der Waals surface area contributed by atoms with Crippen LogP contribution in [-0.2, 0) is 12.4 Å². The minimum Gasteiger partial charge on any atom is -0.298 e. The van der Waals surface area contributed by atoms with E-state index >= 15 is 0 Å². The normalized spacial score (nSPS) is 11.1. The predicted octanol–water partition coefficient (Wildman–Crippen LogP) is 1.09. The summed E-state index contributed by atoms with van der Waals surface area (Å²) >= 11 is 5.05. The van der Waals surface area contributed by atoms with Gasteiger partial charge in [0.05, 0.1) is 6.54 Å². The quantitative estimate of drug-likeness (QED) is 0.577. The summed E-state index contributed by atoms with van der Waals surface area (Å²) in [5, 5.41) is 0. The maximum absolute atomic E-state index is 5.05. The summed E-state index contributed by atoms with van der Waals surface area (Å²) in [5.74, 6) is 0. The molecule has 0 aromatic carbocycles. The fraction of sp³-hybridized carbons (Fsp3) is 1.00. The maximum atomic E-state index is 5.05. The molecule has 0 aromatic rings. The third-order valence-corrected chi connectivity index (χ3v) is 2.38. The van der Waals surface area contributed by atoms with Crippen LogP contribution in [0.5, 0.6) is 0 Å². The van der Waals surface area contributed by atoms with Crippen LogP contribution in [0, 0.1) is 0 Å². The first kappa shape index (κ1) is 11.0. The molecule has 0 bridgehead atoms. The topological polar surface area (TPSA) is 6.25 Å². The molecule has 0 N–H and O–H groups in total. The number of rotatable bonds is 5. The molecule has 3 heteroatoms. The van der Waals surface area contributed by atoms with Gasteiger partial charge in [-0.15, -0.1) is 0 Å². The van der Waals surface area contributed by atoms with Crippen molar-refractivity contribution in [3.05, 3.63) is 0 Å². The Hall–Kier alpha value is -0.0200. The Morgan fingerprint density at radius 1 is 1.45 bits per heavy atom. The van der Waals surface area contributed by atoms with E-state index in [0.717, 1.165) is 19.6 Å². The number of likely N-dealkylation sites (N-methyl/N-ethyl adjacent to an activating group) is 2. The molecular weight excluding hydrogens is 156 g/mol. The highest BCUT2D eigenvalue weighted by Gasteiger charge is 2.06. The van der Waals surface area contributed by atoms with Crippen molar-refractivity contribution in [3.8, 4) is 0 Å². The van der Waals surface area contributed by atoms with Gasteiger partial charge >= 0.3 is 0 Å². The molecule has 0 aromatic heterocycles. The van der Waals surface area contributed by atoms with Crippen molar-refractivity contribution in [2.45, 2.75) is 26.8 Å². The van der Waals surface area contributed by atoms with Gasteiger partial charge in [0, 0.05) is 6.04 Å². The first-order valence-corrected chi connectivity index (χ1v) is 4.56. The van der Waals surface area contributed by atoms with Crippen LogP contribution >= 0.6 is 0 Å². The minimum absolute atomic E-state index is 0.621. The molecule has 0 unspecified atom stereocenters. The zero-order valence-electron chi connectivity index (χ0n) is 8.00. The van der Waals surface area contributed by atoms with Gasteiger partial charge in [0.25, 0.3) is 12.4 Å². The van der Waals surface area contributed by atoms with E-state index in [-0.39, 0.29) is 0 Å². The molecular formula is C8H19N2S+. The average Bonchev–Trinajstić information content (AvgIpc) is 1.99. The van der Waals surface area contributed by atoms with Crippen molar-refractivity contribution in [1.82, 2.24) is 4.90 Å². The van der Waals surface area contributed by atoms with Gasteiger partial charge in [0.1, 0.15) is 0 Å². The molecule has 0 rings (SSSR count). The molecule has 0 radical (unpaired) electrons. The maximum Gasteiger partial charge on any atom is 0.263 e.